The molecule has 3 aliphatic rings. The van der Waals surface area contributed by atoms with Crippen LogP contribution < -0.4 is 5.32 Å². The summed E-state index contributed by atoms with van der Waals surface area (Å²) >= 11 is 0. The molecule has 2 fully saturated rings. The van der Waals surface area contributed by atoms with Gasteiger partial charge in [-0.15, -0.1) is 0 Å². The van der Waals surface area contributed by atoms with Crippen molar-refractivity contribution in [1.29, 1.82) is 0 Å². The lowest BCUT2D eigenvalue weighted by Gasteiger charge is -2.21. The third kappa shape index (κ3) is 0.997. The third-order valence-electron chi connectivity index (χ3n) is 3.44. The van der Waals surface area contributed by atoms with Crippen LogP contribution in [0, 0.1) is 17.8 Å². The fourth-order valence-electron chi connectivity index (χ4n) is 2.82. The molecule has 4 heteroatoms. The predicted molar refractivity (Wildman–Crippen MR) is 47.3 cm³/mol. The van der Waals surface area contributed by atoms with Crippen LogP contribution in [0.4, 0.5) is 4.79 Å². The molecule has 1 aliphatic heterocycles. The Hall–Kier alpha value is -1.32. The second kappa shape index (κ2) is 2.59. The van der Waals surface area contributed by atoms with E-state index in [0.717, 1.165) is 12.8 Å². The summed E-state index contributed by atoms with van der Waals surface area (Å²) in [4.78, 5) is 22.2. The van der Waals surface area contributed by atoms with Gasteiger partial charge in [0.05, 0.1) is 0 Å². The molecule has 0 radical (unpaired) electrons. The average Bonchev–Trinajstić information content (AvgIpc) is 2.79. The number of fused-ring (bicyclic) bond motifs is 2. The Kier molecular flexibility index (Phi) is 1.48. The molecular weight excluding hydrogens is 182 g/mol. The Morgan fingerprint density at radius 2 is 2.14 bits per heavy atom. The molecule has 2 amide bonds. The standard InChI is InChI=1S/C10H11NO3/c12-9-8(14-10(13)11-9)7-4-5-1-2-6(7)3-5/h1-2,5-8H,3-4H2,(H,11,12,13). The van der Waals surface area contributed by atoms with Gasteiger partial charge >= 0.3 is 6.09 Å². The minimum absolute atomic E-state index is 0.205. The molecule has 4 unspecified atom stereocenters. The fourth-order valence-corrected chi connectivity index (χ4v) is 2.82. The van der Waals surface area contributed by atoms with Crippen LogP contribution in [0.3, 0.4) is 0 Å². The maximum Gasteiger partial charge on any atom is 0.414 e. The Balaban J connectivity index is 1.81. The number of carbonyl (C=O) groups excluding carboxylic acids is 2. The van der Waals surface area contributed by atoms with Crippen LogP contribution in [0.1, 0.15) is 12.8 Å². The van der Waals surface area contributed by atoms with Crippen LogP contribution in [0.2, 0.25) is 0 Å². The second-order valence-electron chi connectivity index (χ2n) is 4.26. The van der Waals surface area contributed by atoms with Gasteiger partial charge in [-0.25, -0.2) is 4.79 Å². The number of hydrogen-bond acceptors (Lipinski definition) is 3. The molecule has 3 rings (SSSR count). The molecular formula is C10H11NO3. The van der Waals surface area contributed by atoms with E-state index in [4.69, 9.17) is 4.74 Å². The van der Waals surface area contributed by atoms with E-state index in [-0.39, 0.29) is 11.8 Å². The molecule has 1 heterocycles. The van der Waals surface area contributed by atoms with Crippen molar-refractivity contribution in [1.82, 2.24) is 5.32 Å². The van der Waals surface area contributed by atoms with Crippen molar-refractivity contribution >= 4 is 12.0 Å². The smallest absolute Gasteiger partial charge is 0.414 e. The lowest BCUT2D eigenvalue weighted by molar-refractivity contribution is -0.125. The first kappa shape index (κ1) is 8.03. The molecule has 1 saturated carbocycles. The van der Waals surface area contributed by atoms with Crippen LogP contribution in [0.25, 0.3) is 0 Å². The van der Waals surface area contributed by atoms with E-state index in [9.17, 15) is 9.59 Å². The molecule has 1 N–H and O–H groups in total. The summed E-state index contributed by atoms with van der Waals surface area (Å²) in [5, 5.41) is 2.18. The molecule has 1 saturated heterocycles. The van der Waals surface area contributed by atoms with E-state index in [1.807, 2.05) is 0 Å². The molecule has 0 aromatic rings. The largest absolute Gasteiger partial charge is 0.435 e. The zero-order chi connectivity index (χ0) is 9.71. The van der Waals surface area contributed by atoms with Crippen molar-refractivity contribution in [2.45, 2.75) is 18.9 Å². The SMILES string of the molecule is O=C1NC(=O)C(C2CC3C=CC2C3)O1. The number of hydrogen-bond donors (Lipinski definition) is 1. The van der Waals surface area contributed by atoms with Gasteiger partial charge in [0, 0.05) is 5.92 Å². The van der Waals surface area contributed by atoms with Gasteiger partial charge in [0.1, 0.15) is 0 Å². The van der Waals surface area contributed by atoms with Crippen LogP contribution in [-0.4, -0.2) is 18.1 Å². The van der Waals surface area contributed by atoms with E-state index < -0.39 is 12.2 Å². The first-order valence-electron chi connectivity index (χ1n) is 4.94. The predicted octanol–water partition coefficient (Wildman–Crippen LogP) is 0.834. The van der Waals surface area contributed by atoms with Gasteiger partial charge in [-0.1, -0.05) is 12.2 Å². The number of rotatable bonds is 1. The monoisotopic (exact) mass is 193 g/mol. The summed E-state index contributed by atoms with van der Waals surface area (Å²) in [6, 6.07) is 0. The lowest BCUT2D eigenvalue weighted by atomic mass is 9.88. The number of allylic oxidation sites excluding steroid dienone is 2. The number of imide groups is 1. The van der Waals surface area contributed by atoms with Crippen LogP contribution in [-0.2, 0) is 9.53 Å². The number of carbonyl (C=O) groups is 2. The van der Waals surface area contributed by atoms with Crippen molar-refractivity contribution in [3.05, 3.63) is 12.2 Å². The molecule has 4 atom stereocenters. The molecule has 0 spiro atoms. The summed E-state index contributed by atoms with van der Waals surface area (Å²) in [6.45, 7) is 0. The minimum Gasteiger partial charge on any atom is -0.435 e. The van der Waals surface area contributed by atoms with Crippen molar-refractivity contribution in [3.8, 4) is 0 Å². The normalized spacial score (nSPS) is 44.3. The molecule has 4 nitrogen and oxygen atoms in total. The topological polar surface area (TPSA) is 55.4 Å². The van der Waals surface area contributed by atoms with E-state index in [0.29, 0.717) is 11.8 Å². The van der Waals surface area contributed by atoms with Gasteiger partial charge in [0.25, 0.3) is 5.91 Å². The van der Waals surface area contributed by atoms with Crippen molar-refractivity contribution in [2.24, 2.45) is 17.8 Å². The summed E-state index contributed by atoms with van der Waals surface area (Å²) in [7, 11) is 0. The Bertz CT molecular complexity index is 336. The van der Waals surface area contributed by atoms with Crippen molar-refractivity contribution in [3.63, 3.8) is 0 Å². The zero-order valence-corrected chi connectivity index (χ0v) is 7.60. The zero-order valence-electron chi connectivity index (χ0n) is 7.60. The average molecular weight is 193 g/mol. The highest BCUT2D eigenvalue weighted by Crippen LogP contribution is 2.46. The molecule has 0 aromatic heterocycles. The molecule has 2 bridgehead atoms. The molecule has 0 aromatic carbocycles. The number of cyclic esters (lactones) is 1. The summed E-state index contributed by atoms with van der Waals surface area (Å²) in [5.74, 6) is 0.969. The van der Waals surface area contributed by atoms with Crippen molar-refractivity contribution in [2.75, 3.05) is 0 Å². The number of ether oxygens (including phenoxy) is 1. The highest BCUT2D eigenvalue weighted by Gasteiger charge is 2.47. The maximum absolute atomic E-state index is 11.4. The van der Waals surface area contributed by atoms with E-state index in [1.54, 1.807) is 0 Å². The first-order chi connectivity index (χ1) is 6.74. The quantitative estimate of drug-likeness (QED) is 0.627. The van der Waals surface area contributed by atoms with E-state index in [2.05, 4.69) is 17.5 Å². The van der Waals surface area contributed by atoms with Crippen molar-refractivity contribution < 1.29 is 14.3 Å². The minimum atomic E-state index is -0.591. The number of amides is 2. The Morgan fingerprint density at radius 3 is 2.64 bits per heavy atom. The highest BCUT2D eigenvalue weighted by molar-refractivity contribution is 6.00. The van der Waals surface area contributed by atoms with E-state index >= 15 is 0 Å². The van der Waals surface area contributed by atoms with Gasteiger partial charge in [-0.2, -0.15) is 0 Å². The van der Waals surface area contributed by atoms with Gasteiger partial charge in [0.15, 0.2) is 6.10 Å². The van der Waals surface area contributed by atoms with Crippen LogP contribution >= 0.6 is 0 Å². The first-order valence-corrected chi connectivity index (χ1v) is 4.94. The maximum atomic E-state index is 11.4. The van der Waals surface area contributed by atoms with Gasteiger partial charge in [-0.05, 0) is 24.7 Å². The summed E-state index contributed by atoms with van der Waals surface area (Å²) < 4.78 is 4.98. The van der Waals surface area contributed by atoms with E-state index in [1.165, 1.54) is 0 Å². The van der Waals surface area contributed by atoms with Gasteiger partial charge < -0.3 is 4.74 Å². The fraction of sp³-hybridized carbons (Fsp3) is 0.600. The Labute approximate surface area is 81.3 Å². The Morgan fingerprint density at radius 1 is 1.29 bits per heavy atom. The second-order valence-corrected chi connectivity index (χ2v) is 4.26. The highest BCUT2D eigenvalue weighted by atomic mass is 16.6. The van der Waals surface area contributed by atoms with Gasteiger partial charge in [0.2, 0.25) is 0 Å². The van der Waals surface area contributed by atoms with Crippen LogP contribution in [0.15, 0.2) is 12.2 Å². The number of nitrogens with one attached hydrogen (secondary N) is 1. The lowest BCUT2D eigenvalue weighted by Crippen LogP contribution is -2.32. The summed E-state index contributed by atoms with van der Waals surface area (Å²) in [6.07, 6.45) is 5.32. The van der Waals surface area contributed by atoms with Crippen LogP contribution in [0.5, 0.6) is 0 Å². The molecule has 2 aliphatic carbocycles. The summed E-state index contributed by atoms with van der Waals surface area (Å²) in [5.41, 5.74) is 0. The number of alkyl carbamates (subject to hydrolysis) is 1. The molecule has 74 valence electrons. The van der Waals surface area contributed by atoms with Gasteiger partial charge in [-0.3, -0.25) is 10.1 Å². The molecule has 14 heavy (non-hydrogen) atoms. The third-order valence-corrected chi connectivity index (χ3v) is 3.44.